The maximum atomic E-state index is 11.3. The number of amides is 1. The molecule has 1 fully saturated rings. The summed E-state index contributed by atoms with van der Waals surface area (Å²) in [6.45, 7) is 8.20. The van der Waals surface area contributed by atoms with Crippen molar-refractivity contribution in [2.24, 2.45) is 16.7 Å². The zero-order valence-corrected chi connectivity index (χ0v) is 7.93. The Morgan fingerprint density at radius 1 is 1.33 bits per heavy atom. The quantitative estimate of drug-likeness (QED) is 0.471. The average Bonchev–Trinajstić information content (AvgIpc) is 2.24. The molecule has 3 heteroatoms. The van der Waals surface area contributed by atoms with Gasteiger partial charge in [-0.2, -0.15) is 5.26 Å². The van der Waals surface area contributed by atoms with E-state index in [1.807, 2.05) is 0 Å². The standard InChI is InChI=1S/C9H14N2O/c1-8(2)6(9(8,3)4)7(12)11-5-10/h6H,1-4H3,(H,11,12). The first-order valence-corrected chi connectivity index (χ1v) is 4.04. The van der Waals surface area contributed by atoms with Gasteiger partial charge in [-0.15, -0.1) is 0 Å². The molecule has 1 saturated carbocycles. The number of carbonyl (C=O) groups excluding carboxylic acids is 1. The minimum absolute atomic E-state index is 0.0218. The molecule has 1 aliphatic carbocycles. The molecule has 1 N–H and O–H groups in total. The van der Waals surface area contributed by atoms with E-state index < -0.39 is 0 Å². The van der Waals surface area contributed by atoms with Crippen LogP contribution in [0, 0.1) is 28.2 Å². The van der Waals surface area contributed by atoms with Gasteiger partial charge in [0.1, 0.15) is 0 Å². The van der Waals surface area contributed by atoms with Crippen LogP contribution < -0.4 is 5.32 Å². The Morgan fingerprint density at radius 3 is 2.00 bits per heavy atom. The van der Waals surface area contributed by atoms with Crippen molar-refractivity contribution < 1.29 is 4.79 Å². The van der Waals surface area contributed by atoms with E-state index in [1.165, 1.54) is 0 Å². The maximum Gasteiger partial charge on any atom is 0.237 e. The van der Waals surface area contributed by atoms with Gasteiger partial charge in [-0.1, -0.05) is 27.7 Å². The summed E-state index contributed by atoms with van der Waals surface area (Å²) < 4.78 is 0. The first-order valence-electron chi connectivity index (χ1n) is 4.04. The topological polar surface area (TPSA) is 52.9 Å². The van der Waals surface area contributed by atoms with Gasteiger partial charge in [0.25, 0.3) is 0 Å². The first-order chi connectivity index (χ1) is 5.35. The summed E-state index contributed by atoms with van der Waals surface area (Å²) in [6, 6.07) is 0. The fourth-order valence-corrected chi connectivity index (χ4v) is 1.98. The third-order valence-electron chi connectivity index (χ3n) is 3.46. The van der Waals surface area contributed by atoms with Crippen molar-refractivity contribution in [3.05, 3.63) is 0 Å². The number of nitriles is 1. The lowest BCUT2D eigenvalue weighted by atomic mass is 10.0. The maximum absolute atomic E-state index is 11.3. The minimum atomic E-state index is -0.146. The Labute approximate surface area is 72.8 Å². The summed E-state index contributed by atoms with van der Waals surface area (Å²) in [5.41, 5.74) is 0.0435. The van der Waals surface area contributed by atoms with Gasteiger partial charge in [0.15, 0.2) is 6.19 Å². The molecule has 0 aromatic carbocycles. The highest BCUT2D eigenvalue weighted by atomic mass is 16.2. The van der Waals surface area contributed by atoms with E-state index in [-0.39, 0.29) is 22.7 Å². The highest BCUT2D eigenvalue weighted by Crippen LogP contribution is 2.68. The zero-order valence-electron chi connectivity index (χ0n) is 7.93. The van der Waals surface area contributed by atoms with Crippen LogP contribution >= 0.6 is 0 Å². The molecule has 12 heavy (non-hydrogen) atoms. The van der Waals surface area contributed by atoms with Crippen LogP contribution in [-0.2, 0) is 4.79 Å². The third kappa shape index (κ3) is 0.911. The smallest absolute Gasteiger partial charge is 0.237 e. The molecule has 0 bridgehead atoms. The Morgan fingerprint density at radius 2 is 1.75 bits per heavy atom. The number of hydrogen-bond donors (Lipinski definition) is 1. The van der Waals surface area contributed by atoms with Gasteiger partial charge in [-0.3, -0.25) is 10.1 Å². The van der Waals surface area contributed by atoms with Crippen LogP contribution in [0.5, 0.6) is 0 Å². The fraction of sp³-hybridized carbons (Fsp3) is 0.778. The van der Waals surface area contributed by atoms with Gasteiger partial charge < -0.3 is 0 Å². The van der Waals surface area contributed by atoms with Crippen LogP contribution in [-0.4, -0.2) is 5.91 Å². The molecule has 0 radical (unpaired) electrons. The van der Waals surface area contributed by atoms with Crippen LogP contribution in [0.25, 0.3) is 0 Å². The number of rotatable bonds is 1. The van der Waals surface area contributed by atoms with E-state index in [0.29, 0.717) is 0 Å². The predicted octanol–water partition coefficient (Wildman–Crippen LogP) is 1.27. The van der Waals surface area contributed by atoms with Crippen molar-refractivity contribution in [3.8, 4) is 6.19 Å². The summed E-state index contributed by atoms with van der Waals surface area (Å²) in [4.78, 5) is 11.3. The molecule has 0 aromatic heterocycles. The van der Waals surface area contributed by atoms with E-state index in [2.05, 4.69) is 33.0 Å². The van der Waals surface area contributed by atoms with Gasteiger partial charge >= 0.3 is 0 Å². The molecule has 0 heterocycles. The Hall–Kier alpha value is -1.04. The summed E-state index contributed by atoms with van der Waals surface area (Å²) in [7, 11) is 0. The van der Waals surface area contributed by atoms with E-state index in [0.717, 1.165) is 0 Å². The van der Waals surface area contributed by atoms with Crippen LogP contribution in [0.1, 0.15) is 27.7 Å². The van der Waals surface area contributed by atoms with Crippen molar-refractivity contribution in [2.45, 2.75) is 27.7 Å². The average molecular weight is 166 g/mol. The van der Waals surface area contributed by atoms with E-state index in [4.69, 9.17) is 5.26 Å². The molecule has 66 valence electrons. The van der Waals surface area contributed by atoms with Gasteiger partial charge in [-0.05, 0) is 10.8 Å². The molecule has 1 amide bonds. The lowest BCUT2D eigenvalue weighted by Crippen LogP contribution is -2.22. The molecule has 0 aliphatic heterocycles. The van der Waals surface area contributed by atoms with Crippen molar-refractivity contribution in [1.29, 1.82) is 5.26 Å². The monoisotopic (exact) mass is 166 g/mol. The van der Waals surface area contributed by atoms with Crippen molar-refractivity contribution >= 4 is 5.91 Å². The molecule has 0 aromatic rings. The van der Waals surface area contributed by atoms with Crippen LogP contribution in [0.4, 0.5) is 0 Å². The Kier molecular flexibility index (Phi) is 1.68. The van der Waals surface area contributed by atoms with Crippen LogP contribution in [0.15, 0.2) is 0 Å². The largest absolute Gasteiger partial charge is 0.274 e. The Balaban J connectivity index is 2.72. The molecule has 0 saturated heterocycles. The second-order valence-electron chi connectivity index (χ2n) is 4.48. The molecule has 1 rings (SSSR count). The summed E-state index contributed by atoms with van der Waals surface area (Å²) in [6.07, 6.45) is 1.66. The lowest BCUT2D eigenvalue weighted by Gasteiger charge is -2.03. The molecular weight excluding hydrogens is 152 g/mol. The third-order valence-corrected chi connectivity index (χ3v) is 3.46. The highest BCUT2D eigenvalue weighted by molar-refractivity contribution is 5.85. The second kappa shape index (κ2) is 2.22. The number of nitrogens with zero attached hydrogens (tertiary/aromatic N) is 1. The van der Waals surface area contributed by atoms with Gasteiger partial charge in [-0.25, -0.2) is 0 Å². The van der Waals surface area contributed by atoms with Crippen molar-refractivity contribution in [3.63, 3.8) is 0 Å². The van der Waals surface area contributed by atoms with Crippen LogP contribution in [0.3, 0.4) is 0 Å². The van der Waals surface area contributed by atoms with E-state index in [1.54, 1.807) is 6.19 Å². The molecule has 0 spiro atoms. The van der Waals surface area contributed by atoms with Crippen LogP contribution in [0.2, 0.25) is 0 Å². The summed E-state index contributed by atoms with van der Waals surface area (Å²) >= 11 is 0. The normalized spacial score (nSPS) is 24.2. The zero-order chi connectivity index (χ0) is 9.57. The van der Waals surface area contributed by atoms with Gasteiger partial charge in [0.05, 0.1) is 5.92 Å². The minimum Gasteiger partial charge on any atom is -0.274 e. The number of carbonyl (C=O) groups is 1. The molecule has 3 nitrogen and oxygen atoms in total. The Bertz CT molecular complexity index is 246. The second-order valence-corrected chi connectivity index (χ2v) is 4.48. The fourth-order valence-electron chi connectivity index (χ4n) is 1.98. The van der Waals surface area contributed by atoms with E-state index in [9.17, 15) is 4.79 Å². The van der Waals surface area contributed by atoms with Crippen molar-refractivity contribution in [1.82, 2.24) is 5.32 Å². The summed E-state index contributed by atoms with van der Waals surface area (Å²) in [5.74, 6) is -0.169. The highest BCUT2D eigenvalue weighted by Gasteiger charge is 2.68. The van der Waals surface area contributed by atoms with Crippen molar-refractivity contribution in [2.75, 3.05) is 0 Å². The molecular formula is C9H14N2O. The lowest BCUT2D eigenvalue weighted by molar-refractivity contribution is -0.122. The molecule has 1 aliphatic rings. The first kappa shape index (κ1) is 9.05. The van der Waals surface area contributed by atoms with Gasteiger partial charge in [0.2, 0.25) is 5.91 Å². The molecule has 0 unspecified atom stereocenters. The van der Waals surface area contributed by atoms with Gasteiger partial charge in [0, 0.05) is 0 Å². The number of hydrogen-bond acceptors (Lipinski definition) is 2. The SMILES string of the molecule is CC1(C)C(C(=O)NC#N)C1(C)C. The predicted molar refractivity (Wildman–Crippen MR) is 44.8 cm³/mol. The summed E-state index contributed by atoms with van der Waals surface area (Å²) in [5, 5.41) is 10.5. The van der Waals surface area contributed by atoms with E-state index >= 15 is 0 Å². The molecule has 0 atom stereocenters. The number of nitrogens with one attached hydrogen (secondary N) is 1.